The number of carbonyl (C=O) groups is 1. The Hall–Kier alpha value is -2.90. The predicted octanol–water partition coefficient (Wildman–Crippen LogP) is 2.18. The second-order valence-electron chi connectivity index (χ2n) is 6.35. The second-order valence-corrected chi connectivity index (χ2v) is 6.76. The summed E-state index contributed by atoms with van der Waals surface area (Å²) >= 11 is 6.33. The van der Waals surface area contributed by atoms with Crippen molar-refractivity contribution in [1.82, 2.24) is 19.9 Å². The first-order chi connectivity index (χ1) is 13.0. The molecule has 3 heterocycles. The molecule has 8 heteroatoms. The number of hydrogen-bond donors (Lipinski definition) is 3. The monoisotopic (exact) mass is 384 g/mol. The van der Waals surface area contributed by atoms with Crippen molar-refractivity contribution < 1.29 is 9.90 Å². The van der Waals surface area contributed by atoms with Gasteiger partial charge in [-0.1, -0.05) is 41.9 Å². The number of halogens is 1. The third-order valence-electron chi connectivity index (χ3n) is 4.68. The number of nitrogens with zero attached hydrogens (tertiary/aromatic N) is 2. The topological polar surface area (TPSA) is 102 Å². The molecular weight excluding hydrogens is 368 g/mol. The van der Waals surface area contributed by atoms with Crippen molar-refractivity contribution in [3.63, 3.8) is 0 Å². The number of aromatic nitrogens is 3. The Bertz CT molecular complexity index is 1100. The Kier molecular flexibility index (Phi) is 4.55. The lowest BCUT2D eigenvalue weighted by Gasteiger charge is -2.26. The van der Waals surface area contributed by atoms with Gasteiger partial charge in [0, 0.05) is 18.7 Å². The van der Waals surface area contributed by atoms with Gasteiger partial charge in [-0.05, 0) is 23.6 Å². The summed E-state index contributed by atoms with van der Waals surface area (Å²) in [5, 5.41) is 9.41. The van der Waals surface area contributed by atoms with Crippen LogP contribution in [0.25, 0.3) is 28.0 Å². The maximum Gasteiger partial charge on any atom is 0.325 e. The number of aliphatic hydroxyl groups excluding tert-OH is 1. The Morgan fingerprint density at radius 3 is 2.63 bits per heavy atom. The molecule has 4 rings (SSSR count). The minimum atomic E-state index is -0.456. The number of carbonyl (C=O) groups excluding carboxylic acids is 1. The molecule has 7 nitrogen and oxygen atoms in total. The van der Waals surface area contributed by atoms with Gasteiger partial charge in [-0.2, -0.15) is 0 Å². The highest BCUT2D eigenvalue weighted by atomic mass is 35.5. The van der Waals surface area contributed by atoms with E-state index in [0.29, 0.717) is 35.0 Å². The van der Waals surface area contributed by atoms with Crippen molar-refractivity contribution in [2.75, 3.05) is 19.7 Å². The maximum absolute atomic E-state index is 11.5. The van der Waals surface area contributed by atoms with Gasteiger partial charge in [-0.25, -0.2) is 9.78 Å². The van der Waals surface area contributed by atoms with Crippen molar-refractivity contribution in [2.45, 2.75) is 6.42 Å². The van der Waals surface area contributed by atoms with Gasteiger partial charge in [0.05, 0.1) is 16.2 Å². The van der Waals surface area contributed by atoms with Crippen LogP contribution in [0.5, 0.6) is 0 Å². The molecule has 0 radical (unpaired) electrons. The van der Waals surface area contributed by atoms with Gasteiger partial charge in [-0.15, -0.1) is 0 Å². The Labute approximate surface area is 159 Å². The summed E-state index contributed by atoms with van der Waals surface area (Å²) in [6, 6.07) is 9.54. The zero-order valence-electron chi connectivity index (χ0n) is 14.3. The predicted molar refractivity (Wildman–Crippen MR) is 103 cm³/mol. The highest BCUT2D eigenvalue weighted by molar-refractivity contribution is 6.33. The first-order valence-electron chi connectivity index (χ1n) is 8.52. The van der Waals surface area contributed by atoms with Crippen LogP contribution in [0.1, 0.15) is 12.0 Å². The van der Waals surface area contributed by atoms with Gasteiger partial charge in [0.2, 0.25) is 5.91 Å². The van der Waals surface area contributed by atoms with Crippen LogP contribution in [0.15, 0.2) is 41.2 Å². The Morgan fingerprint density at radius 2 is 1.96 bits per heavy atom. The van der Waals surface area contributed by atoms with E-state index in [2.05, 4.69) is 15.0 Å². The van der Waals surface area contributed by atoms with Crippen LogP contribution in [0.4, 0.5) is 0 Å². The molecule has 1 aromatic carbocycles. The highest BCUT2D eigenvalue weighted by Crippen LogP contribution is 2.30. The fraction of sp³-hybridized carbons (Fsp3) is 0.211. The number of imidazole rings is 1. The molecule has 3 N–H and O–H groups in total. The quantitative estimate of drug-likeness (QED) is 0.644. The summed E-state index contributed by atoms with van der Waals surface area (Å²) < 4.78 is 0. The van der Waals surface area contributed by atoms with E-state index in [9.17, 15) is 9.59 Å². The molecule has 0 spiro atoms. The van der Waals surface area contributed by atoms with Crippen molar-refractivity contribution in [3.8, 4) is 11.3 Å². The third-order valence-corrected chi connectivity index (χ3v) is 4.97. The molecule has 1 amide bonds. The third kappa shape index (κ3) is 3.39. The van der Waals surface area contributed by atoms with Gasteiger partial charge in [0.15, 0.2) is 5.65 Å². The van der Waals surface area contributed by atoms with E-state index in [1.165, 1.54) is 0 Å². The van der Waals surface area contributed by atoms with Gasteiger partial charge in [0.25, 0.3) is 0 Å². The summed E-state index contributed by atoms with van der Waals surface area (Å²) in [7, 11) is 0. The number of aromatic amines is 2. The van der Waals surface area contributed by atoms with Crippen molar-refractivity contribution >= 4 is 34.2 Å². The molecule has 0 fully saturated rings. The summed E-state index contributed by atoms with van der Waals surface area (Å²) in [6.07, 6.45) is 2.74. The molecule has 0 unspecified atom stereocenters. The summed E-state index contributed by atoms with van der Waals surface area (Å²) in [5.41, 5.74) is 4.39. The number of rotatable bonds is 3. The fourth-order valence-electron chi connectivity index (χ4n) is 3.24. The van der Waals surface area contributed by atoms with Crippen molar-refractivity contribution in [2.24, 2.45) is 0 Å². The van der Waals surface area contributed by atoms with E-state index >= 15 is 0 Å². The first kappa shape index (κ1) is 17.5. The number of pyridine rings is 1. The van der Waals surface area contributed by atoms with Crippen molar-refractivity contribution in [1.29, 1.82) is 0 Å². The number of H-pyrrole nitrogens is 2. The van der Waals surface area contributed by atoms with E-state index < -0.39 is 6.61 Å². The molecule has 1 aliphatic rings. The van der Waals surface area contributed by atoms with Crippen LogP contribution >= 0.6 is 11.6 Å². The Morgan fingerprint density at radius 1 is 1.22 bits per heavy atom. The van der Waals surface area contributed by atoms with Gasteiger partial charge in [0.1, 0.15) is 6.61 Å². The van der Waals surface area contributed by atoms with E-state index in [1.807, 2.05) is 30.3 Å². The van der Waals surface area contributed by atoms with E-state index in [1.54, 1.807) is 11.0 Å². The molecular formula is C19H17ClN4O3. The van der Waals surface area contributed by atoms with Gasteiger partial charge < -0.3 is 15.0 Å². The van der Waals surface area contributed by atoms with Crippen molar-refractivity contribution in [3.05, 3.63) is 57.5 Å². The molecule has 1 aliphatic heterocycles. The van der Waals surface area contributed by atoms with Crippen LogP contribution in [0.2, 0.25) is 5.02 Å². The summed E-state index contributed by atoms with van der Waals surface area (Å²) in [4.78, 5) is 34.3. The number of fused-ring (bicyclic) bond motifs is 1. The molecule has 0 saturated carbocycles. The zero-order chi connectivity index (χ0) is 19.0. The van der Waals surface area contributed by atoms with Crippen LogP contribution in [-0.2, 0) is 4.79 Å². The lowest BCUT2D eigenvalue weighted by Crippen LogP contribution is -2.36. The lowest BCUT2D eigenvalue weighted by atomic mass is 9.97. The normalized spacial score (nSPS) is 14.4. The molecule has 27 heavy (non-hydrogen) atoms. The number of aliphatic hydroxyl groups is 1. The number of amides is 1. The maximum atomic E-state index is 11.5. The molecule has 138 valence electrons. The molecule has 0 atom stereocenters. The van der Waals surface area contributed by atoms with E-state index in [-0.39, 0.29) is 11.6 Å². The van der Waals surface area contributed by atoms with Crippen LogP contribution in [0.3, 0.4) is 0 Å². The van der Waals surface area contributed by atoms with Crippen LogP contribution in [0, 0.1) is 0 Å². The van der Waals surface area contributed by atoms with E-state index in [0.717, 1.165) is 23.1 Å². The molecule has 0 saturated heterocycles. The van der Waals surface area contributed by atoms with Gasteiger partial charge in [-0.3, -0.25) is 9.78 Å². The smallest absolute Gasteiger partial charge is 0.325 e. The zero-order valence-corrected chi connectivity index (χ0v) is 15.1. The minimum absolute atomic E-state index is 0.250. The number of benzene rings is 1. The standard InChI is InChI=1S/C19H17ClN4O3/c20-14-9-15-18(23-19(27)21-15)22-17(14)13-3-1-11(2-4-13)12-5-7-24(8-6-12)16(26)10-25/h1-5,9,25H,6-8,10H2,(H2,21,22,23,27). The number of nitrogens with one attached hydrogen (secondary N) is 2. The average Bonchev–Trinajstić information content (AvgIpc) is 3.06. The fourth-order valence-corrected chi connectivity index (χ4v) is 3.50. The van der Waals surface area contributed by atoms with Crippen LogP contribution < -0.4 is 5.69 Å². The average molecular weight is 385 g/mol. The molecule has 3 aromatic rings. The molecule has 0 aliphatic carbocycles. The second kappa shape index (κ2) is 7.02. The SMILES string of the molecule is O=C(CO)N1CC=C(c2ccc(-c3nc4[nH]c(=O)[nH]c4cc3Cl)cc2)CC1. The minimum Gasteiger partial charge on any atom is -0.387 e. The Balaban J connectivity index is 1.60. The molecule has 0 bridgehead atoms. The summed E-state index contributed by atoms with van der Waals surface area (Å²) in [6.45, 7) is 0.641. The van der Waals surface area contributed by atoms with Crippen LogP contribution in [-0.4, -0.2) is 50.6 Å². The molecule has 2 aromatic heterocycles. The van der Waals surface area contributed by atoms with Gasteiger partial charge >= 0.3 is 5.69 Å². The first-order valence-corrected chi connectivity index (χ1v) is 8.90. The van der Waals surface area contributed by atoms with E-state index in [4.69, 9.17) is 16.7 Å². The largest absolute Gasteiger partial charge is 0.387 e. The highest BCUT2D eigenvalue weighted by Gasteiger charge is 2.17. The lowest BCUT2D eigenvalue weighted by molar-refractivity contribution is -0.133. The summed E-state index contributed by atoms with van der Waals surface area (Å²) in [5.74, 6) is -0.250. The number of hydrogen-bond acceptors (Lipinski definition) is 4.